The molecule has 0 aromatic carbocycles. The number of carbonyl (C=O) groups excluding carboxylic acids is 1. The number of aromatic nitrogens is 2. The van der Waals surface area contributed by atoms with Gasteiger partial charge < -0.3 is 20.1 Å². The first-order valence-corrected chi connectivity index (χ1v) is 6.41. The van der Waals surface area contributed by atoms with Crippen molar-refractivity contribution in [3.63, 3.8) is 0 Å². The summed E-state index contributed by atoms with van der Waals surface area (Å²) in [5.74, 6) is 0.580. The molecule has 7 heteroatoms. The van der Waals surface area contributed by atoms with Gasteiger partial charge in [-0.25, -0.2) is 0 Å². The highest BCUT2D eigenvalue weighted by Gasteiger charge is 2.27. The molecule has 0 bridgehead atoms. The zero-order valence-corrected chi connectivity index (χ0v) is 10.2. The van der Waals surface area contributed by atoms with Crippen LogP contribution in [0.15, 0.2) is 4.52 Å². The smallest absolute Gasteiger partial charge is 0.295 e. The number of nitrogens with zero attached hydrogens (tertiary/aromatic N) is 3. The lowest BCUT2D eigenvalue weighted by atomic mass is 10.2. The van der Waals surface area contributed by atoms with E-state index in [1.807, 2.05) is 0 Å². The molecule has 0 radical (unpaired) electrons. The summed E-state index contributed by atoms with van der Waals surface area (Å²) in [4.78, 5) is 18.1. The van der Waals surface area contributed by atoms with E-state index in [1.165, 1.54) is 0 Å². The first-order chi connectivity index (χ1) is 8.84. The Labute approximate surface area is 105 Å². The standard InChI is InChI=1S/C11H17N5O2/c17-11(16-6-4-12-5-7-16)9-14-10(18-15-9)8-2-1-3-13-8/h8,12-13H,1-7H2. The molecular weight excluding hydrogens is 234 g/mol. The van der Waals surface area contributed by atoms with E-state index in [4.69, 9.17) is 4.52 Å². The van der Waals surface area contributed by atoms with Crippen molar-refractivity contribution in [1.29, 1.82) is 0 Å². The minimum absolute atomic E-state index is 0.113. The van der Waals surface area contributed by atoms with Crippen molar-refractivity contribution < 1.29 is 9.32 Å². The Hall–Kier alpha value is -1.47. The maximum atomic E-state index is 12.1. The van der Waals surface area contributed by atoms with Gasteiger partial charge in [-0.1, -0.05) is 5.16 Å². The summed E-state index contributed by atoms with van der Waals surface area (Å²) < 4.78 is 5.17. The number of piperazine rings is 1. The minimum Gasteiger partial charge on any atom is -0.337 e. The maximum Gasteiger partial charge on any atom is 0.295 e. The molecule has 2 aliphatic heterocycles. The van der Waals surface area contributed by atoms with Crippen molar-refractivity contribution in [2.45, 2.75) is 18.9 Å². The van der Waals surface area contributed by atoms with Crippen molar-refractivity contribution in [2.75, 3.05) is 32.7 Å². The summed E-state index contributed by atoms with van der Waals surface area (Å²) in [6.45, 7) is 4.00. The molecule has 1 aromatic rings. The fourth-order valence-electron chi connectivity index (χ4n) is 2.37. The highest BCUT2D eigenvalue weighted by Crippen LogP contribution is 2.21. The van der Waals surface area contributed by atoms with Crippen molar-refractivity contribution in [3.05, 3.63) is 11.7 Å². The van der Waals surface area contributed by atoms with Crippen LogP contribution in [0.1, 0.15) is 35.4 Å². The van der Waals surface area contributed by atoms with Crippen molar-refractivity contribution >= 4 is 5.91 Å². The number of rotatable bonds is 2. The van der Waals surface area contributed by atoms with Gasteiger partial charge in [-0.3, -0.25) is 4.79 Å². The number of carbonyl (C=O) groups is 1. The summed E-state index contributed by atoms with van der Waals surface area (Å²) in [6.07, 6.45) is 2.09. The molecule has 1 unspecified atom stereocenters. The second-order valence-corrected chi connectivity index (χ2v) is 4.65. The van der Waals surface area contributed by atoms with Gasteiger partial charge in [-0.15, -0.1) is 0 Å². The SMILES string of the molecule is O=C(c1noc(C2CCCN2)n1)N1CCNCC1. The van der Waals surface area contributed by atoms with Gasteiger partial charge in [-0.2, -0.15) is 4.98 Å². The Balaban J connectivity index is 1.69. The van der Waals surface area contributed by atoms with Crippen molar-refractivity contribution in [1.82, 2.24) is 25.7 Å². The fourth-order valence-corrected chi connectivity index (χ4v) is 2.37. The van der Waals surface area contributed by atoms with Crippen molar-refractivity contribution in [3.8, 4) is 0 Å². The third kappa shape index (κ3) is 2.23. The lowest BCUT2D eigenvalue weighted by molar-refractivity contribution is 0.0720. The van der Waals surface area contributed by atoms with Gasteiger partial charge in [0.25, 0.3) is 11.7 Å². The van der Waals surface area contributed by atoms with Crippen LogP contribution < -0.4 is 10.6 Å². The Morgan fingerprint density at radius 1 is 1.33 bits per heavy atom. The van der Waals surface area contributed by atoms with Gasteiger partial charge in [0.15, 0.2) is 0 Å². The summed E-state index contributed by atoms with van der Waals surface area (Å²) in [6, 6.07) is 0.113. The zero-order valence-electron chi connectivity index (χ0n) is 10.2. The van der Waals surface area contributed by atoms with Crippen LogP contribution in [0.4, 0.5) is 0 Å². The minimum atomic E-state index is -0.135. The molecule has 3 heterocycles. The van der Waals surface area contributed by atoms with E-state index in [1.54, 1.807) is 4.90 Å². The summed E-state index contributed by atoms with van der Waals surface area (Å²) in [5, 5.41) is 10.3. The fraction of sp³-hybridized carbons (Fsp3) is 0.727. The van der Waals surface area contributed by atoms with E-state index in [0.717, 1.165) is 32.5 Å². The topological polar surface area (TPSA) is 83.3 Å². The Morgan fingerprint density at radius 2 is 2.17 bits per heavy atom. The molecule has 1 atom stereocenters. The summed E-state index contributed by atoms with van der Waals surface area (Å²) in [7, 11) is 0. The van der Waals surface area contributed by atoms with E-state index in [0.29, 0.717) is 19.0 Å². The quantitative estimate of drug-likeness (QED) is 0.740. The average Bonchev–Trinajstić information content (AvgIpc) is 3.09. The number of amides is 1. The molecule has 1 aromatic heterocycles. The summed E-state index contributed by atoms with van der Waals surface area (Å²) >= 11 is 0. The van der Waals surface area contributed by atoms with E-state index >= 15 is 0 Å². The Bertz CT molecular complexity index is 421. The lowest BCUT2D eigenvalue weighted by Crippen LogP contribution is -2.46. The van der Waals surface area contributed by atoms with E-state index in [9.17, 15) is 4.79 Å². The number of hydrogen-bond donors (Lipinski definition) is 2. The maximum absolute atomic E-state index is 12.1. The van der Waals surface area contributed by atoms with Crippen molar-refractivity contribution in [2.24, 2.45) is 0 Å². The Morgan fingerprint density at radius 3 is 2.89 bits per heavy atom. The molecule has 2 aliphatic rings. The zero-order chi connectivity index (χ0) is 12.4. The monoisotopic (exact) mass is 251 g/mol. The van der Waals surface area contributed by atoms with Crippen LogP contribution in [0.3, 0.4) is 0 Å². The first-order valence-electron chi connectivity index (χ1n) is 6.41. The largest absolute Gasteiger partial charge is 0.337 e. The van der Waals surface area contributed by atoms with Gasteiger partial charge in [0.2, 0.25) is 5.89 Å². The molecule has 7 nitrogen and oxygen atoms in total. The molecular formula is C11H17N5O2. The normalized spacial score (nSPS) is 24.4. The third-order valence-corrected chi connectivity index (χ3v) is 3.40. The molecule has 3 rings (SSSR count). The predicted molar refractivity (Wildman–Crippen MR) is 63.0 cm³/mol. The number of hydrogen-bond acceptors (Lipinski definition) is 6. The van der Waals surface area contributed by atoms with Gasteiger partial charge in [0.05, 0.1) is 6.04 Å². The van der Waals surface area contributed by atoms with Gasteiger partial charge >= 0.3 is 0 Å². The predicted octanol–water partition coefficient (Wildman–Crippen LogP) is -0.460. The molecule has 18 heavy (non-hydrogen) atoms. The summed E-state index contributed by atoms with van der Waals surface area (Å²) in [5.41, 5.74) is 0. The van der Waals surface area contributed by atoms with Crippen LogP contribution in [0.2, 0.25) is 0 Å². The van der Waals surface area contributed by atoms with Crippen LogP contribution in [-0.2, 0) is 0 Å². The van der Waals surface area contributed by atoms with E-state index < -0.39 is 0 Å². The Kier molecular flexibility index (Phi) is 3.24. The first kappa shape index (κ1) is 11.6. The molecule has 1 amide bonds. The van der Waals surface area contributed by atoms with Gasteiger partial charge in [0, 0.05) is 26.2 Å². The number of nitrogens with one attached hydrogen (secondary N) is 2. The van der Waals surface area contributed by atoms with Crippen LogP contribution >= 0.6 is 0 Å². The molecule has 0 aliphatic carbocycles. The third-order valence-electron chi connectivity index (χ3n) is 3.40. The average molecular weight is 251 g/mol. The van der Waals surface area contributed by atoms with Gasteiger partial charge in [0.1, 0.15) is 0 Å². The highest BCUT2D eigenvalue weighted by molar-refractivity contribution is 5.90. The highest BCUT2D eigenvalue weighted by atomic mass is 16.5. The molecule has 0 saturated carbocycles. The molecule has 98 valence electrons. The van der Waals surface area contributed by atoms with E-state index in [-0.39, 0.29) is 17.8 Å². The van der Waals surface area contributed by atoms with Crippen LogP contribution in [0.25, 0.3) is 0 Å². The van der Waals surface area contributed by atoms with E-state index in [2.05, 4.69) is 20.8 Å². The molecule has 2 fully saturated rings. The molecule has 2 saturated heterocycles. The lowest BCUT2D eigenvalue weighted by Gasteiger charge is -2.25. The van der Waals surface area contributed by atoms with Crippen LogP contribution in [-0.4, -0.2) is 53.7 Å². The van der Waals surface area contributed by atoms with Crippen LogP contribution in [0.5, 0.6) is 0 Å². The van der Waals surface area contributed by atoms with Gasteiger partial charge in [-0.05, 0) is 19.4 Å². The molecule has 0 spiro atoms. The van der Waals surface area contributed by atoms with Crippen LogP contribution in [0, 0.1) is 0 Å². The molecule has 2 N–H and O–H groups in total. The second kappa shape index (κ2) is 5.03. The second-order valence-electron chi connectivity index (χ2n) is 4.65.